The fraction of sp³-hybridized carbons (Fsp3) is 0.455. The van der Waals surface area contributed by atoms with E-state index in [1.165, 1.54) is 18.2 Å². The van der Waals surface area contributed by atoms with Crippen LogP contribution in [0, 0.1) is 29.3 Å². The second-order valence-electron chi connectivity index (χ2n) is 12.6. The van der Waals surface area contributed by atoms with Gasteiger partial charge in [0.15, 0.2) is 0 Å². The lowest BCUT2D eigenvalue weighted by molar-refractivity contribution is -0.137. The number of amides is 3. The number of hydrogen-bond donors (Lipinski definition) is 5. The van der Waals surface area contributed by atoms with E-state index in [-0.39, 0.29) is 22.9 Å². The van der Waals surface area contributed by atoms with E-state index in [1.807, 2.05) is 6.92 Å². The number of hydrogen-bond acceptors (Lipinski definition) is 4. The Morgan fingerprint density at radius 1 is 1.15 bits per heavy atom. The number of aromatic amines is 1. The standard InChI is InChI=1S/C33H37ClF3N5O3S/c1-3-16(2)28(41-27(43)14-20-23(36)5-4-6-24(20)37)31(44)42-33(32(45)40-26(30(38)46)11-17-7-8-17)10-9-25-21(15-33)19-12-18(35)13-22(34)29(19)39-25/h4-6,12-13,16-17,26,28,39H,3,7-11,14-15H2,1-2H3,(H2,38,46)(H,40,45)(H,41,43)(H,42,44)/t16?,26-,28-,33+/m0/s1. The summed E-state index contributed by atoms with van der Waals surface area (Å²) in [6, 6.07) is 4.11. The molecule has 0 aliphatic heterocycles. The van der Waals surface area contributed by atoms with E-state index in [0.717, 1.165) is 30.7 Å². The fourth-order valence-electron chi connectivity index (χ4n) is 6.16. The summed E-state index contributed by atoms with van der Waals surface area (Å²) < 4.78 is 43.1. The number of nitrogens with two attached hydrogens (primary N) is 1. The third-order valence-electron chi connectivity index (χ3n) is 9.22. The summed E-state index contributed by atoms with van der Waals surface area (Å²) in [7, 11) is 0. The van der Waals surface area contributed by atoms with E-state index in [9.17, 15) is 27.6 Å². The molecule has 1 aromatic heterocycles. The number of nitrogens with one attached hydrogen (secondary N) is 4. The van der Waals surface area contributed by atoms with E-state index in [1.54, 1.807) is 6.92 Å². The summed E-state index contributed by atoms with van der Waals surface area (Å²) in [6.45, 7) is 3.58. The van der Waals surface area contributed by atoms with Gasteiger partial charge in [0.1, 0.15) is 29.0 Å². The number of halogens is 4. The molecule has 0 saturated heterocycles. The monoisotopic (exact) mass is 675 g/mol. The zero-order valence-corrected chi connectivity index (χ0v) is 27.1. The van der Waals surface area contributed by atoms with Gasteiger partial charge in [-0.25, -0.2) is 13.2 Å². The van der Waals surface area contributed by atoms with Crippen molar-refractivity contribution >= 4 is 57.4 Å². The van der Waals surface area contributed by atoms with Gasteiger partial charge in [-0.05, 0) is 60.9 Å². The lowest BCUT2D eigenvalue weighted by Crippen LogP contribution is -2.66. The van der Waals surface area contributed by atoms with Gasteiger partial charge in [-0.3, -0.25) is 14.4 Å². The van der Waals surface area contributed by atoms with Gasteiger partial charge in [0, 0.05) is 23.1 Å². The highest BCUT2D eigenvalue weighted by atomic mass is 35.5. The molecule has 246 valence electrons. The highest BCUT2D eigenvalue weighted by Gasteiger charge is 2.46. The molecule has 2 aliphatic carbocycles. The number of fused-ring (bicyclic) bond motifs is 3. The minimum absolute atomic E-state index is 0.00518. The molecule has 1 unspecified atom stereocenters. The third kappa shape index (κ3) is 7.17. The first kappa shape index (κ1) is 33.7. The molecular formula is C33H37ClF3N5O3S. The summed E-state index contributed by atoms with van der Waals surface area (Å²) in [5, 5.41) is 9.22. The second-order valence-corrected chi connectivity index (χ2v) is 13.4. The molecular weight excluding hydrogens is 639 g/mol. The normalized spacial score (nSPS) is 19.5. The fourth-order valence-corrected chi connectivity index (χ4v) is 6.57. The van der Waals surface area contributed by atoms with Crippen LogP contribution in [0.4, 0.5) is 13.2 Å². The predicted molar refractivity (Wildman–Crippen MR) is 174 cm³/mol. The number of carbonyl (C=O) groups excluding carboxylic acids is 3. The van der Waals surface area contributed by atoms with Crippen LogP contribution in [-0.4, -0.2) is 45.3 Å². The summed E-state index contributed by atoms with van der Waals surface area (Å²) in [5.74, 6) is -4.23. The Labute approximate surface area is 275 Å². The first-order valence-corrected chi connectivity index (χ1v) is 16.2. The van der Waals surface area contributed by atoms with Crippen molar-refractivity contribution in [2.24, 2.45) is 17.6 Å². The van der Waals surface area contributed by atoms with E-state index in [2.05, 4.69) is 20.9 Å². The molecule has 46 heavy (non-hydrogen) atoms. The van der Waals surface area contributed by atoms with E-state index in [0.29, 0.717) is 41.6 Å². The van der Waals surface area contributed by atoms with Crippen LogP contribution in [0.5, 0.6) is 0 Å². The molecule has 13 heteroatoms. The predicted octanol–water partition coefficient (Wildman–Crippen LogP) is 4.93. The van der Waals surface area contributed by atoms with Crippen LogP contribution in [0.3, 0.4) is 0 Å². The van der Waals surface area contributed by atoms with Crippen molar-refractivity contribution in [1.82, 2.24) is 20.9 Å². The van der Waals surface area contributed by atoms with Gasteiger partial charge < -0.3 is 26.7 Å². The Balaban J connectivity index is 1.46. The minimum Gasteiger partial charge on any atom is -0.392 e. The van der Waals surface area contributed by atoms with Crippen LogP contribution in [0.25, 0.3) is 10.9 Å². The van der Waals surface area contributed by atoms with E-state index < -0.39 is 70.7 Å². The number of benzene rings is 2. The quantitative estimate of drug-likeness (QED) is 0.174. The number of rotatable bonds is 12. The molecule has 2 aromatic carbocycles. The number of thiocarbonyl (C=S) groups is 1. The maximum Gasteiger partial charge on any atom is 0.246 e. The van der Waals surface area contributed by atoms with Crippen molar-refractivity contribution in [2.75, 3.05) is 0 Å². The summed E-state index contributed by atoms with van der Waals surface area (Å²) in [6.07, 6.45) is 2.93. The lowest BCUT2D eigenvalue weighted by Gasteiger charge is -2.39. The average Bonchev–Trinajstić information content (AvgIpc) is 3.75. The van der Waals surface area contributed by atoms with Gasteiger partial charge in [-0.15, -0.1) is 0 Å². The van der Waals surface area contributed by atoms with Crippen LogP contribution in [0.1, 0.15) is 62.8 Å². The topological polar surface area (TPSA) is 129 Å². The lowest BCUT2D eigenvalue weighted by atomic mass is 9.78. The van der Waals surface area contributed by atoms with Gasteiger partial charge in [-0.1, -0.05) is 63.0 Å². The Morgan fingerprint density at radius 2 is 1.85 bits per heavy atom. The zero-order valence-electron chi connectivity index (χ0n) is 25.6. The van der Waals surface area contributed by atoms with Crippen LogP contribution < -0.4 is 21.7 Å². The molecule has 8 nitrogen and oxygen atoms in total. The van der Waals surface area contributed by atoms with Crippen molar-refractivity contribution in [3.63, 3.8) is 0 Å². The van der Waals surface area contributed by atoms with Crippen LogP contribution >= 0.6 is 23.8 Å². The van der Waals surface area contributed by atoms with E-state index in [4.69, 9.17) is 29.6 Å². The molecule has 6 N–H and O–H groups in total. The molecule has 4 atom stereocenters. The Morgan fingerprint density at radius 3 is 2.48 bits per heavy atom. The van der Waals surface area contributed by atoms with Crippen molar-refractivity contribution in [2.45, 2.75) is 82.8 Å². The maximum absolute atomic E-state index is 14.5. The largest absolute Gasteiger partial charge is 0.392 e. The first-order chi connectivity index (χ1) is 21.8. The van der Waals surface area contributed by atoms with Crippen LogP contribution in [0.2, 0.25) is 5.02 Å². The van der Waals surface area contributed by atoms with Gasteiger partial charge in [-0.2, -0.15) is 0 Å². The van der Waals surface area contributed by atoms with Gasteiger partial charge >= 0.3 is 0 Å². The molecule has 3 aromatic rings. The smallest absolute Gasteiger partial charge is 0.246 e. The molecule has 1 heterocycles. The Kier molecular flexibility index (Phi) is 9.97. The molecule has 0 bridgehead atoms. The molecule has 5 rings (SSSR count). The summed E-state index contributed by atoms with van der Waals surface area (Å²) >= 11 is 11.6. The number of aromatic nitrogens is 1. The van der Waals surface area contributed by atoms with Crippen LogP contribution in [0.15, 0.2) is 30.3 Å². The molecule has 0 radical (unpaired) electrons. The Hall–Kier alpha value is -3.64. The van der Waals surface area contributed by atoms with Crippen molar-refractivity contribution in [1.29, 1.82) is 0 Å². The molecule has 3 amide bonds. The van der Waals surface area contributed by atoms with Crippen molar-refractivity contribution in [3.8, 4) is 0 Å². The third-order valence-corrected chi connectivity index (χ3v) is 9.81. The second kappa shape index (κ2) is 13.6. The zero-order chi connectivity index (χ0) is 33.3. The maximum atomic E-state index is 14.5. The van der Waals surface area contributed by atoms with Gasteiger partial charge in [0.2, 0.25) is 17.7 Å². The number of carbonyl (C=O) groups is 3. The van der Waals surface area contributed by atoms with E-state index >= 15 is 0 Å². The minimum atomic E-state index is -1.53. The molecule has 1 fully saturated rings. The highest BCUT2D eigenvalue weighted by Crippen LogP contribution is 2.38. The van der Waals surface area contributed by atoms with Gasteiger partial charge in [0.05, 0.1) is 28.0 Å². The average molecular weight is 676 g/mol. The van der Waals surface area contributed by atoms with Crippen molar-refractivity contribution in [3.05, 3.63) is 69.6 Å². The SMILES string of the molecule is CCC(C)[C@H](NC(=O)Cc1c(F)cccc1F)C(=O)N[C@]1(C(=O)N[C@@H](CC2CC2)C(N)=S)CCc2[nH]c3c(Cl)cc(F)cc3c2C1. The van der Waals surface area contributed by atoms with Gasteiger partial charge in [0.25, 0.3) is 0 Å². The Bertz CT molecular complexity index is 1680. The first-order valence-electron chi connectivity index (χ1n) is 15.4. The summed E-state index contributed by atoms with van der Waals surface area (Å²) in [4.78, 5) is 44.7. The number of H-pyrrole nitrogens is 1. The number of aryl methyl sites for hydroxylation is 1. The van der Waals surface area contributed by atoms with Crippen LogP contribution in [-0.2, 0) is 33.6 Å². The molecule has 2 aliphatic rings. The molecule has 0 spiro atoms. The summed E-state index contributed by atoms with van der Waals surface area (Å²) in [5.41, 5.74) is 5.99. The molecule has 1 saturated carbocycles. The van der Waals surface area contributed by atoms with Crippen molar-refractivity contribution < 1.29 is 27.6 Å². The highest BCUT2D eigenvalue weighted by molar-refractivity contribution is 7.80.